The van der Waals surface area contributed by atoms with E-state index in [1.165, 1.54) is 12.1 Å². The molecule has 0 radical (unpaired) electrons. The van der Waals surface area contributed by atoms with Crippen LogP contribution >= 0.6 is 0 Å². The number of aromatic nitrogens is 2. The van der Waals surface area contributed by atoms with Crippen molar-refractivity contribution >= 4 is 0 Å². The van der Waals surface area contributed by atoms with E-state index in [2.05, 4.69) is 30.7 Å². The van der Waals surface area contributed by atoms with E-state index in [4.69, 9.17) is 0 Å². The lowest BCUT2D eigenvalue weighted by Gasteiger charge is -2.14. The summed E-state index contributed by atoms with van der Waals surface area (Å²) in [6.07, 6.45) is 1.69. The van der Waals surface area contributed by atoms with Crippen LogP contribution < -0.4 is 0 Å². The van der Waals surface area contributed by atoms with Crippen molar-refractivity contribution in [2.24, 2.45) is 0 Å². The first-order chi connectivity index (χ1) is 7.88. The van der Waals surface area contributed by atoms with Crippen LogP contribution in [0.5, 0.6) is 5.75 Å². The summed E-state index contributed by atoms with van der Waals surface area (Å²) in [6, 6.07) is 4.23. The third-order valence-corrected chi connectivity index (χ3v) is 2.54. The van der Waals surface area contributed by atoms with Crippen molar-refractivity contribution in [3.05, 3.63) is 36.0 Å². The third kappa shape index (κ3) is 2.30. The molecular weight excluding hydrogens is 219 g/mol. The fourth-order valence-electron chi connectivity index (χ4n) is 1.53. The van der Waals surface area contributed by atoms with Crippen LogP contribution in [0.2, 0.25) is 0 Å². The quantitative estimate of drug-likeness (QED) is 0.795. The summed E-state index contributed by atoms with van der Waals surface area (Å²) >= 11 is 0. The smallest absolute Gasteiger partial charge is 0.164 e. The van der Waals surface area contributed by atoms with E-state index >= 15 is 0 Å². The summed E-state index contributed by atoms with van der Waals surface area (Å²) in [5.41, 5.74) is 1.41. The summed E-state index contributed by atoms with van der Waals surface area (Å²) in [5, 5.41) is 9.32. The van der Waals surface area contributed by atoms with Crippen LogP contribution in [0.15, 0.2) is 24.4 Å². The molecule has 3 nitrogen and oxygen atoms in total. The largest absolute Gasteiger partial charge is 0.505 e. The Hall–Kier alpha value is -1.84. The number of benzene rings is 1. The third-order valence-electron chi connectivity index (χ3n) is 2.54. The molecule has 1 aromatic heterocycles. The van der Waals surface area contributed by atoms with Crippen molar-refractivity contribution in [2.75, 3.05) is 0 Å². The van der Waals surface area contributed by atoms with Gasteiger partial charge in [-0.1, -0.05) is 20.8 Å². The van der Waals surface area contributed by atoms with Crippen LogP contribution in [0.4, 0.5) is 4.39 Å². The molecule has 0 amide bonds. The molecule has 0 saturated carbocycles. The number of imidazole rings is 1. The minimum atomic E-state index is -0.621. The fraction of sp³-hybridized carbons (Fsp3) is 0.308. The predicted molar refractivity (Wildman–Crippen MR) is 64.3 cm³/mol. The molecule has 0 aliphatic rings. The second-order valence-electron chi connectivity index (χ2n) is 5.06. The van der Waals surface area contributed by atoms with Crippen molar-refractivity contribution in [2.45, 2.75) is 26.2 Å². The highest BCUT2D eigenvalue weighted by molar-refractivity contribution is 5.60. The number of hydrogen-bond acceptors (Lipinski definition) is 2. The molecule has 2 aromatic rings. The van der Waals surface area contributed by atoms with Gasteiger partial charge in [-0.05, 0) is 18.2 Å². The molecule has 0 aliphatic carbocycles. The number of halogens is 1. The molecule has 17 heavy (non-hydrogen) atoms. The summed E-state index contributed by atoms with van der Waals surface area (Å²) in [6.45, 7) is 6.16. The predicted octanol–water partition coefficient (Wildman–Crippen LogP) is 3.22. The maximum absolute atomic E-state index is 12.9. The zero-order chi connectivity index (χ0) is 12.6. The van der Waals surface area contributed by atoms with Gasteiger partial charge < -0.3 is 10.1 Å². The zero-order valence-corrected chi connectivity index (χ0v) is 10.1. The highest BCUT2D eigenvalue weighted by Gasteiger charge is 2.18. The molecular formula is C13H15FN2O. The van der Waals surface area contributed by atoms with Crippen molar-refractivity contribution in [3.8, 4) is 17.0 Å². The second-order valence-corrected chi connectivity index (χ2v) is 5.06. The van der Waals surface area contributed by atoms with Crippen molar-refractivity contribution < 1.29 is 9.50 Å². The molecule has 90 valence electrons. The van der Waals surface area contributed by atoms with Crippen LogP contribution in [0, 0.1) is 5.82 Å². The Balaban J connectivity index is 2.40. The lowest BCUT2D eigenvalue weighted by Crippen LogP contribution is -2.13. The van der Waals surface area contributed by atoms with Gasteiger partial charge in [-0.15, -0.1) is 0 Å². The number of aromatic hydroxyl groups is 1. The van der Waals surface area contributed by atoms with Crippen LogP contribution in [0.25, 0.3) is 11.3 Å². The van der Waals surface area contributed by atoms with Crippen molar-refractivity contribution in [3.63, 3.8) is 0 Å². The second kappa shape index (κ2) is 3.87. The Morgan fingerprint density at radius 3 is 2.53 bits per heavy atom. The number of phenolic OH excluding ortho intramolecular Hbond substituents is 1. The van der Waals surface area contributed by atoms with E-state index in [1.54, 1.807) is 12.3 Å². The number of aromatic amines is 1. The lowest BCUT2D eigenvalue weighted by molar-refractivity contribution is 0.432. The van der Waals surface area contributed by atoms with Gasteiger partial charge in [-0.3, -0.25) is 0 Å². The van der Waals surface area contributed by atoms with Gasteiger partial charge in [0.25, 0.3) is 0 Å². The highest BCUT2D eigenvalue weighted by Crippen LogP contribution is 2.26. The van der Waals surface area contributed by atoms with Gasteiger partial charge in [0, 0.05) is 11.0 Å². The van der Waals surface area contributed by atoms with Gasteiger partial charge in [0.05, 0.1) is 11.9 Å². The molecule has 0 fully saturated rings. The van der Waals surface area contributed by atoms with Crippen molar-refractivity contribution in [1.82, 2.24) is 9.97 Å². The summed E-state index contributed by atoms with van der Waals surface area (Å²) in [4.78, 5) is 7.46. The van der Waals surface area contributed by atoms with E-state index in [-0.39, 0.29) is 11.2 Å². The van der Waals surface area contributed by atoms with E-state index in [9.17, 15) is 9.50 Å². The van der Waals surface area contributed by atoms with Crippen LogP contribution in [0.3, 0.4) is 0 Å². The Kier molecular flexibility index (Phi) is 2.65. The highest BCUT2D eigenvalue weighted by atomic mass is 19.1. The van der Waals surface area contributed by atoms with Gasteiger partial charge in [0.1, 0.15) is 5.82 Å². The SMILES string of the molecule is CC(C)(C)c1ncc(-c2ccc(F)c(O)c2)[nH]1. The number of phenols is 1. The monoisotopic (exact) mass is 234 g/mol. The molecule has 1 heterocycles. The van der Waals surface area contributed by atoms with Crippen molar-refractivity contribution in [1.29, 1.82) is 0 Å². The molecule has 0 atom stereocenters. The molecule has 2 N–H and O–H groups in total. The molecule has 0 aliphatic heterocycles. The van der Waals surface area contributed by atoms with E-state index < -0.39 is 5.82 Å². The normalized spacial score (nSPS) is 11.8. The minimum absolute atomic E-state index is 0.0691. The Bertz CT molecular complexity index is 541. The number of rotatable bonds is 1. The standard InChI is InChI=1S/C13H15FN2O/c1-13(2,3)12-15-7-10(16-12)8-4-5-9(14)11(17)6-8/h4-7,17H,1-3H3,(H,15,16). The lowest BCUT2D eigenvalue weighted by atomic mass is 9.96. The van der Waals surface area contributed by atoms with E-state index in [1.807, 2.05) is 0 Å². The maximum Gasteiger partial charge on any atom is 0.164 e. The van der Waals surface area contributed by atoms with E-state index in [0.717, 1.165) is 11.5 Å². The van der Waals surface area contributed by atoms with Gasteiger partial charge >= 0.3 is 0 Å². The first-order valence-electron chi connectivity index (χ1n) is 5.42. The first kappa shape index (κ1) is 11.6. The molecule has 0 saturated heterocycles. The zero-order valence-electron chi connectivity index (χ0n) is 10.1. The number of nitrogens with one attached hydrogen (secondary N) is 1. The molecule has 0 spiro atoms. The van der Waals surface area contributed by atoms with Crippen LogP contribution in [-0.4, -0.2) is 15.1 Å². The average Bonchev–Trinajstić information content (AvgIpc) is 2.70. The van der Waals surface area contributed by atoms with Crippen LogP contribution in [-0.2, 0) is 5.41 Å². The Morgan fingerprint density at radius 2 is 2.00 bits per heavy atom. The molecule has 0 unspecified atom stereocenters. The molecule has 1 aromatic carbocycles. The van der Waals surface area contributed by atoms with Crippen LogP contribution in [0.1, 0.15) is 26.6 Å². The Labute approximate surface area is 99.3 Å². The number of hydrogen-bond donors (Lipinski definition) is 2. The topological polar surface area (TPSA) is 48.9 Å². The van der Waals surface area contributed by atoms with Gasteiger partial charge in [0.15, 0.2) is 11.6 Å². The maximum atomic E-state index is 12.9. The summed E-state index contributed by atoms with van der Waals surface area (Å²) in [7, 11) is 0. The average molecular weight is 234 g/mol. The number of H-pyrrole nitrogens is 1. The molecule has 4 heteroatoms. The fourth-order valence-corrected chi connectivity index (χ4v) is 1.53. The molecule has 0 bridgehead atoms. The Morgan fingerprint density at radius 1 is 1.29 bits per heavy atom. The van der Waals surface area contributed by atoms with Gasteiger partial charge in [0.2, 0.25) is 0 Å². The minimum Gasteiger partial charge on any atom is -0.505 e. The van der Waals surface area contributed by atoms with Gasteiger partial charge in [-0.25, -0.2) is 9.37 Å². The summed E-state index contributed by atoms with van der Waals surface area (Å²) in [5.74, 6) is -0.116. The summed E-state index contributed by atoms with van der Waals surface area (Å²) < 4.78 is 12.9. The van der Waals surface area contributed by atoms with Gasteiger partial charge in [-0.2, -0.15) is 0 Å². The first-order valence-corrected chi connectivity index (χ1v) is 5.42. The number of nitrogens with zero attached hydrogens (tertiary/aromatic N) is 1. The van der Waals surface area contributed by atoms with E-state index in [0.29, 0.717) is 5.56 Å². The molecule has 2 rings (SSSR count).